The number of benzene rings is 3. The first-order chi connectivity index (χ1) is 29.1. The molecule has 3 aromatic rings. The number of phenolic OH excluding ortho intramolecular Hbond substituents is 2. The van der Waals surface area contributed by atoms with Crippen molar-refractivity contribution in [3.63, 3.8) is 0 Å². The van der Waals surface area contributed by atoms with Crippen molar-refractivity contribution in [1.82, 2.24) is 25.3 Å². The molecule has 0 spiro atoms. The highest BCUT2D eigenvalue weighted by Gasteiger charge is 2.31. The molecule has 342 valence electrons. The number of nitrogens with one attached hydrogen (secondary N) is 2. The summed E-state index contributed by atoms with van der Waals surface area (Å²) >= 11 is 0. The van der Waals surface area contributed by atoms with Gasteiger partial charge in [0.2, 0.25) is 0 Å². The number of nitrogens with zero attached hydrogens (tertiary/aromatic N) is 3. The van der Waals surface area contributed by atoms with Crippen molar-refractivity contribution in [1.29, 1.82) is 0 Å². The third-order valence-electron chi connectivity index (χ3n) is 11.2. The molecule has 1 aliphatic rings. The molecule has 1 heterocycles. The van der Waals surface area contributed by atoms with E-state index in [2.05, 4.69) is 37.5 Å². The minimum absolute atomic E-state index is 0.0272. The van der Waals surface area contributed by atoms with E-state index in [1.807, 2.05) is 50.2 Å². The number of rotatable bonds is 21. The monoisotopic (exact) mass is 859 g/mol. The minimum Gasteiger partial charge on any atom is -0.507 e. The summed E-state index contributed by atoms with van der Waals surface area (Å²) in [7, 11) is 0. The predicted molar refractivity (Wildman–Crippen MR) is 228 cm³/mol. The number of hydrogen-bond acceptors (Lipinski definition) is 17. The summed E-state index contributed by atoms with van der Waals surface area (Å²) in [6.45, 7) is 8.37. The van der Waals surface area contributed by atoms with Crippen molar-refractivity contribution in [2.24, 2.45) is 0 Å². The Balaban J connectivity index is 1.50. The molecule has 17 nitrogen and oxygen atoms in total. The van der Waals surface area contributed by atoms with Crippen molar-refractivity contribution in [3.8, 4) is 11.5 Å². The van der Waals surface area contributed by atoms with Gasteiger partial charge < -0.3 is 66.6 Å². The molecule has 0 aliphatic carbocycles. The molecule has 0 saturated carbocycles. The first kappa shape index (κ1) is 50.3. The Morgan fingerprint density at radius 3 is 1.44 bits per heavy atom. The summed E-state index contributed by atoms with van der Waals surface area (Å²) in [6, 6.07) is 17.8. The van der Waals surface area contributed by atoms with Crippen LogP contribution in [0.2, 0.25) is 0 Å². The quantitative estimate of drug-likeness (QED) is 0.0533. The Bertz CT molecular complexity index is 1740. The maximum atomic E-state index is 11.5. The Hall–Kier alpha value is -3.34. The predicted octanol–water partition coefficient (Wildman–Crippen LogP) is -1.68. The van der Waals surface area contributed by atoms with Crippen LogP contribution in [0.1, 0.15) is 51.8 Å². The average Bonchev–Trinajstić information content (AvgIpc) is 3.29. The van der Waals surface area contributed by atoms with Gasteiger partial charge in [0, 0.05) is 74.6 Å². The van der Waals surface area contributed by atoms with Gasteiger partial charge in [-0.1, -0.05) is 65.7 Å². The van der Waals surface area contributed by atoms with Crippen molar-refractivity contribution >= 4 is 0 Å². The molecule has 8 unspecified atom stereocenters. The maximum absolute atomic E-state index is 11.5. The van der Waals surface area contributed by atoms with Crippen LogP contribution >= 0.6 is 0 Å². The summed E-state index contributed by atoms with van der Waals surface area (Å²) < 4.78 is 0. The Morgan fingerprint density at radius 2 is 0.951 bits per heavy atom. The normalized spacial score (nSPS) is 19.3. The molecule has 0 aromatic heterocycles. The van der Waals surface area contributed by atoms with Gasteiger partial charge in [0.25, 0.3) is 0 Å². The van der Waals surface area contributed by atoms with Crippen LogP contribution in [-0.2, 0) is 32.7 Å². The lowest BCUT2D eigenvalue weighted by Gasteiger charge is -2.29. The zero-order chi connectivity index (χ0) is 44.6. The zero-order valence-corrected chi connectivity index (χ0v) is 35.3. The SMILES string of the molecule is Cc1cc(CNCC(O)C(O)C(O)C(O)CO)c(O)c(CN2CCCN(Cc3ccccc3)CCCN(Cc3cc(C)cc(CNC(O)C(O)C(O)C(O)CO)c3O)CC2)c1. The number of aliphatic hydroxyl groups excluding tert-OH is 10. The van der Waals surface area contributed by atoms with Crippen molar-refractivity contribution in [2.45, 2.75) is 108 Å². The van der Waals surface area contributed by atoms with E-state index in [9.17, 15) is 51.1 Å². The molecule has 1 aliphatic heterocycles. The highest BCUT2D eigenvalue weighted by atomic mass is 16.4. The van der Waals surface area contributed by atoms with Gasteiger partial charge in [-0.3, -0.25) is 20.0 Å². The summed E-state index contributed by atoms with van der Waals surface area (Å²) in [5.41, 5.74) is 5.46. The fraction of sp³-hybridized carbons (Fsp3) is 0.591. The fourth-order valence-electron chi connectivity index (χ4n) is 7.73. The molecular weight excluding hydrogens is 791 g/mol. The molecule has 3 aromatic carbocycles. The van der Waals surface area contributed by atoms with Gasteiger partial charge >= 0.3 is 0 Å². The molecule has 61 heavy (non-hydrogen) atoms. The second-order valence-electron chi connectivity index (χ2n) is 16.4. The lowest BCUT2D eigenvalue weighted by atomic mass is 10.0. The van der Waals surface area contributed by atoms with Crippen molar-refractivity contribution in [2.75, 3.05) is 59.0 Å². The van der Waals surface area contributed by atoms with Crippen LogP contribution in [0.3, 0.4) is 0 Å². The van der Waals surface area contributed by atoms with Crippen LogP contribution in [0, 0.1) is 13.8 Å². The van der Waals surface area contributed by atoms with Crippen LogP contribution in [0.4, 0.5) is 0 Å². The first-order valence-corrected chi connectivity index (χ1v) is 21.1. The third-order valence-corrected chi connectivity index (χ3v) is 11.2. The van der Waals surface area contributed by atoms with Gasteiger partial charge in [-0.15, -0.1) is 0 Å². The largest absolute Gasteiger partial charge is 0.507 e. The van der Waals surface area contributed by atoms with Crippen LogP contribution in [0.25, 0.3) is 0 Å². The number of aliphatic hydroxyl groups is 10. The van der Waals surface area contributed by atoms with Crippen molar-refractivity contribution in [3.05, 3.63) is 93.5 Å². The molecular formula is C44H69N5O12. The Labute approximate surface area is 358 Å². The van der Waals surface area contributed by atoms with Crippen LogP contribution in [0.15, 0.2) is 54.6 Å². The van der Waals surface area contributed by atoms with E-state index >= 15 is 0 Å². The number of phenols is 2. The second-order valence-corrected chi connectivity index (χ2v) is 16.4. The Morgan fingerprint density at radius 1 is 0.525 bits per heavy atom. The van der Waals surface area contributed by atoms with Gasteiger partial charge in [-0.2, -0.15) is 0 Å². The molecule has 0 amide bonds. The highest BCUT2D eigenvalue weighted by molar-refractivity contribution is 5.44. The van der Waals surface area contributed by atoms with Gasteiger partial charge in [0.15, 0.2) is 0 Å². The molecule has 0 radical (unpaired) electrons. The van der Waals surface area contributed by atoms with E-state index < -0.39 is 62.2 Å². The fourth-order valence-corrected chi connectivity index (χ4v) is 7.73. The van der Waals surface area contributed by atoms with Crippen LogP contribution in [-0.4, -0.2) is 184 Å². The van der Waals surface area contributed by atoms with Crippen molar-refractivity contribution < 1.29 is 61.3 Å². The number of aryl methyl sites for hydroxylation is 2. The standard InChI is InChI=1S/C44H69N5O12/c1-28-16-31(20-45-22-35(52)40(57)41(58)36(53)26-50)38(55)33(18-28)24-48-12-6-10-47(23-30-8-4-3-5-9-30)11-7-13-49(15-14-48)25-34-19-29(2)17-32(39(34)56)21-46-44(61)43(60)42(59)37(54)27-51/h3-5,8-9,16-19,35-37,40-46,50-61H,6-7,10-15,20-27H2,1-2H3. The minimum atomic E-state index is -1.80. The average molecular weight is 860 g/mol. The van der Waals surface area contributed by atoms with Crippen LogP contribution in [0.5, 0.6) is 11.5 Å². The molecule has 4 rings (SSSR count). The molecule has 17 heteroatoms. The van der Waals surface area contributed by atoms with E-state index in [1.54, 1.807) is 6.07 Å². The van der Waals surface area contributed by atoms with E-state index in [-0.39, 0.29) is 31.1 Å². The van der Waals surface area contributed by atoms with E-state index in [0.717, 1.165) is 62.3 Å². The molecule has 1 saturated heterocycles. The first-order valence-electron chi connectivity index (χ1n) is 21.1. The van der Waals surface area contributed by atoms with Crippen LogP contribution < -0.4 is 10.6 Å². The molecule has 8 atom stereocenters. The van der Waals surface area contributed by atoms with Gasteiger partial charge in [0.1, 0.15) is 54.4 Å². The number of aromatic hydroxyl groups is 2. The lowest BCUT2D eigenvalue weighted by Crippen LogP contribution is -2.51. The topological polar surface area (TPSA) is 277 Å². The third kappa shape index (κ3) is 15.5. The lowest BCUT2D eigenvalue weighted by molar-refractivity contribution is -0.122. The molecule has 0 bridgehead atoms. The maximum Gasteiger partial charge on any atom is 0.134 e. The van der Waals surface area contributed by atoms with E-state index in [1.165, 1.54) is 5.56 Å². The van der Waals surface area contributed by atoms with Gasteiger partial charge in [-0.05, 0) is 58.4 Å². The number of hydrogen-bond donors (Lipinski definition) is 14. The molecule has 14 N–H and O–H groups in total. The summed E-state index contributed by atoms with van der Waals surface area (Å²) in [5.74, 6) is 0.127. The summed E-state index contributed by atoms with van der Waals surface area (Å²) in [6.07, 6.45) is -11.6. The van der Waals surface area contributed by atoms with E-state index in [4.69, 9.17) is 10.2 Å². The smallest absolute Gasteiger partial charge is 0.134 e. The van der Waals surface area contributed by atoms with E-state index in [0.29, 0.717) is 42.9 Å². The molecule has 1 fully saturated rings. The Kier molecular flexibility index (Phi) is 20.7. The highest BCUT2D eigenvalue weighted by Crippen LogP contribution is 2.28. The van der Waals surface area contributed by atoms with Gasteiger partial charge in [-0.25, -0.2) is 0 Å². The summed E-state index contributed by atoms with van der Waals surface area (Å²) in [5, 5.41) is 128. The zero-order valence-electron chi connectivity index (χ0n) is 35.3. The second kappa shape index (κ2) is 25.1. The summed E-state index contributed by atoms with van der Waals surface area (Å²) in [4.78, 5) is 7.04. The van der Waals surface area contributed by atoms with Gasteiger partial charge in [0.05, 0.1) is 19.3 Å².